The quantitative estimate of drug-likeness (QED) is 0.213. The Kier molecular flexibility index (Phi) is 13.0. The molecule has 38 heavy (non-hydrogen) atoms. The summed E-state index contributed by atoms with van der Waals surface area (Å²) in [7, 11) is -0.981. The molecule has 0 saturated carbocycles. The zero-order valence-electron chi connectivity index (χ0n) is 22.1. The largest absolute Gasteiger partial charge is 0.126 e. The van der Waals surface area contributed by atoms with Gasteiger partial charge in [-0.3, -0.25) is 6.08 Å². The molecule has 5 aromatic rings. The van der Waals surface area contributed by atoms with Crippen molar-refractivity contribution in [2.24, 2.45) is 0 Å². The van der Waals surface area contributed by atoms with Crippen LogP contribution in [0.2, 0.25) is 19.6 Å². The van der Waals surface area contributed by atoms with Gasteiger partial charge in [-0.2, -0.15) is 6.08 Å². The molecule has 0 aliphatic heterocycles. The maximum Gasteiger partial charge on any atom is -0.0771 e. The average molecular weight is 631 g/mol. The number of fused-ring (bicyclic) bond motifs is 3. The second kappa shape index (κ2) is 15.4. The minimum absolute atomic E-state index is 0. The van der Waals surface area contributed by atoms with Gasteiger partial charge in [-0.25, -0.2) is 11.3 Å². The van der Waals surface area contributed by atoms with E-state index in [4.69, 9.17) is 0 Å². The standard InChI is InChI=1S/C13H9.C13H10.C8H13Si.2ClH.Zr/c1-3-7-12-10(5-1)9-11-6-2-4-8-13(11)12;1-3-7-12(8-4-1)11-13-9-5-2-6-10-13;1-9(2,3)8-6-4-5-7-8;;;/h1-9H;1-10H;6-7H,4H2,1-3H3;2*1H;/q-1;;-1;;;+2/p-2. The van der Waals surface area contributed by atoms with Crippen LogP contribution in [-0.2, 0) is 24.2 Å². The molecule has 0 spiro atoms. The van der Waals surface area contributed by atoms with E-state index in [2.05, 4.69) is 153 Å². The van der Waals surface area contributed by atoms with Gasteiger partial charge < -0.3 is 24.8 Å². The zero-order chi connectivity index (χ0) is 25.4. The van der Waals surface area contributed by atoms with E-state index in [9.17, 15) is 0 Å². The molecule has 1 aliphatic rings. The summed E-state index contributed by atoms with van der Waals surface area (Å²) in [5, 5.41) is 6.95. The summed E-state index contributed by atoms with van der Waals surface area (Å²) in [5.41, 5.74) is 2.66. The van der Waals surface area contributed by atoms with Gasteiger partial charge in [-0.15, -0.1) is 46.2 Å². The summed E-state index contributed by atoms with van der Waals surface area (Å²) < 4.78 is 1.42. The summed E-state index contributed by atoms with van der Waals surface area (Å²) in [4.78, 5) is 0. The maximum atomic E-state index is 3.20. The maximum absolute atomic E-state index is 3.20. The van der Waals surface area contributed by atoms with Crippen LogP contribution in [0.4, 0.5) is 0 Å². The van der Waals surface area contributed by atoms with Gasteiger partial charge in [0.25, 0.3) is 0 Å². The summed E-state index contributed by atoms with van der Waals surface area (Å²) >= 11 is 1.46. The van der Waals surface area contributed by atoms with Crippen molar-refractivity contribution in [2.75, 3.05) is 0 Å². The van der Waals surface area contributed by atoms with Crippen LogP contribution < -0.4 is 24.8 Å². The molecular formula is C34H32Cl2SiZr-2. The van der Waals surface area contributed by atoms with Gasteiger partial charge in [0.1, 0.15) is 0 Å². The van der Waals surface area contributed by atoms with Crippen molar-refractivity contribution in [2.45, 2.75) is 26.1 Å². The normalized spacial score (nSPS) is 11.8. The van der Waals surface area contributed by atoms with Crippen molar-refractivity contribution in [3.8, 4) is 0 Å². The molecule has 0 amide bonds. The smallest absolute Gasteiger partial charge is 0.0771 e. The van der Waals surface area contributed by atoms with E-state index in [-0.39, 0.29) is 24.8 Å². The molecule has 0 radical (unpaired) electrons. The molecule has 0 atom stereocenters. The average Bonchev–Trinajstić information content (AvgIpc) is 3.59. The van der Waals surface area contributed by atoms with E-state index < -0.39 is 8.07 Å². The Bertz CT molecular complexity index is 1400. The number of allylic oxidation sites excluding steroid dienone is 4. The summed E-state index contributed by atoms with van der Waals surface area (Å²) in [6, 6.07) is 40.4. The predicted octanol–water partition coefficient (Wildman–Crippen LogP) is 3.08. The predicted molar refractivity (Wildman–Crippen MR) is 157 cm³/mol. The van der Waals surface area contributed by atoms with Crippen LogP contribution in [0.25, 0.3) is 21.5 Å². The van der Waals surface area contributed by atoms with Gasteiger partial charge in [0, 0.05) is 0 Å². The van der Waals surface area contributed by atoms with Gasteiger partial charge in [0.15, 0.2) is 0 Å². The third kappa shape index (κ3) is 8.65. The monoisotopic (exact) mass is 628 g/mol. The fourth-order valence-electron chi connectivity index (χ4n) is 4.20. The van der Waals surface area contributed by atoms with Crippen molar-refractivity contribution in [1.82, 2.24) is 0 Å². The summed E-state index contributed by atoms with van der Waals surface area (Å²) in [6.45, 7) is 7.09. The van der Waals surface area contributed by atoms with Gasteiger partial charge in [-0.05, 0) is 8.07 Å². The van der Waals surface area contributed by atoms with Crippen LogP contribution in [0.3, 0.4) is 0 Å². The Morgan fingerprint density at radius 3 is 1.45 bits per heavy atom. The van der Waals surface area contributed by atoms with Gasteiger partial charge in [0.2, 0.25) is 0 Å². The molecule has 0 fully saturated rings. The molecule has 6 rings (SSSR count). The molecular weight excluding hydrogens is 599 g/mol. The first-order chi connectivity index (χ1) is 17.4. The van der Waals surface area contributed by atoms with Crippen molar-refractivity contribution in [3.05, 3.63) is 150 Å². The van der Waals surface area contributed by atoms with Gasteiger partial charge >= 0.3 is 99.2 Å². The van der Waals surface area contributed by atoms with E-state index in [0.29, 0.717) is 0 Å². The molecule has 0 heterocycles. The SMILES string of the molecule is C[Si](C)(C)C1=CC[C-]=C1.[Cl-].[Cl-].[Zr+2]=[C](c1ccccc1)c1ccccc1.c1ccc2c(c1)[cH-]c1ccccc12. The molecule has 0 bridgehead atoms. The summed E-state index contributed by atoms with van der Waals surface area (Å²) in [6.07, 6.45) is 8.69. The Labute approximate surface area is 256 Å². The molecule has 0 nitrogen and oxygen atoms in total. The van der Waals surface area contributed by atoms with Crippen molar-refractivity contribution < 1.29 is 49.0 Å². The molecule has 0 saturated heterocycles. The molecule has 5 aromatic carbocycles. The zero-order valence-corrected chi connectivity index (χ0v) is 27.1. The van der Waals surface area contributed by atoms with Crippen LogP contribution in [-0.4, -0.2) is 11.3 Å². The van der Waals surface area contributed by atoms with Crippen LogP contribution in [0.5, 0.6) is 0 Å². The molecule has 4 heteroatoms. The van der Waals surface area contributed by atoms with E-state index in [0.717, 1.165) is 6.42 Å². The van der Waals surface area contributed by atoms with E-state index >= 15 is 0 Å². The van der Waals surface area contributed by atoms with Crippen molar-refractivity contribution >= 4 is 32.8 Å². The number of rotatable bonds is 3. The Hall–Kier alpha value is -2.22. The topological polar surface area (TPSA) is 0 Å². The van der Waals surface area contributed by atoms with Crippen LogP contribution in [0.15, 0.2) is 133 Å². The third-order valence-electron chi connectivity index (χ3n) is 6.21. The fraction of sp³-hybridized carbons (Fsp3) is 0.118. The minimum atomic E-state index is -0.981. The molecule has 192 valence electrons. The van der Waals surface area contributed by atoms with E-state index in [1.807, 2.05) is 0 Å². The Morgan fingerprint density at radius 1 is 0.658 bits per heavy atom. The Balaban J connectivity index is 0.000000200. The van der Waals surface area contributed by atoms with Crippen LogP contribution >= 0.6 is 0 Å². The molecule has 0 N–H and O–H groups in total. The Morgan fingerprint density at radius 2 is 1.08 bits per heavy atom. The first kappa shape index (κ1) is 32.0. The number of hydrogen-bond acceptors (Lipinski definition) is 0. The van der Waals surface area contributed by atoms with E-state index in [1.54, 1.807) is 5.20 Å². The summed E-state index contributed by atoms with van der Waals surface area (Å²) in [5.74, 6) is 0. The second-order valence-corrected chi connectivity index (χ2v) is 16.2. The van der Waals surface area contributed by atoms with Gasteiger partial charge in [0.05, 0.1) is 0 Å². The molecule has 0 aromatic heterocycles. The third-order valence-corrected chi connectivity index (χ3v) is 9.71. The first-order valence-electron chi connectivity index (χ1n) is 12.4. The fourth-order valence-corrected chi connectivity index (χ4v) is 6.27. The van der Waals surface area contributed by atoms with Gasteiger partial charge in [-0.1, -0.05) is 56.0 Å². The molecule has 0 unspecified atom stereocenters. The van der Waals surface area contributed by atoms with E-state index in [1.165, 1.54) is 60.1 Å². The number of halogens is 2. The van der Waals surface area contributed by atoms with Crippen LogP contribution in [0.1, 0.15) is 17.5 Å². The minimum Gasteiger partial charge on any atom is -0.126 e. The second-order valence-electron chi connectivity index (χ2n) is 9.89. The van der Waals surface area contributed by atoms with Crippen molar-refractivity contribution in [1.29, 1.82) is 0 Å². The first-order valence-corrected chi connectivity index (χ1v) is 17.2. The van der Waals surface area contributed by atoms with Crippen LogP contribution in [0, 0.1) is 6.08 Å². The number of hydrogen-bond donors (Lipinski definition) is 0. The molecule has 1 aliphatic carbocycles. The van der Waals surface area contributed by atoms with Crippen molar-refractivity contribution in [3.63, 3.8) is 0 Å². The number of benzene rings is 4.